The molecule has 0 spiro atoms. The van der Waals surface area contributed by atoms with Gasteiger partial charge in [0.15, 0.2) is 23.1 Å². The standard InChI is InChI=1S/C22H31BrO5.C13H15BrO4.C10H20O/c1-11(2)15-9-14(7-8-16(15)24)28-17(25)10-22(5,6)18-12(3)21(27)19(23)13(4)20(18)26;1-6-9(13(3,4)5-8(15)16)11(17)7(2)10(14)12(6)18;1-7(2)9-6-8(3)4-5-10(9)11/h11,14-16,24H,7-10H2,1-6H3;5H2,1-4H3,(H,15,16);7-11H,4-6H2,1-3H3/t14?,15-,16?;;8-,9+,10?/m0.1/s1. The lowest BCUT2D eigenvalue weighted by Crippen LogP contribution is -2.38. The van der Waals surface area contributed by atoms with Gasteiger partial charge in [0.1, 0.15) is 6.10 Å². The Labute approximate surface area is 356 Å². The molecule has 0 bridgehead atoms. The molecule has 320 valence electrons. The normalized spacial score (nSPS) is 26.4. The Morgan fingerprint density at radius 3 is 1.42 bits per heavy atom. The topological polar surface area (TPSA) is 172 Å². The van der Waals surface area contributed by atoms with Crippen molar-refractivity contribution in [3.8, 4) is 0 Å². The summed E-state index contributed by atoms with van der Waals surface area (Å²) in [6, 6.07) is 0. The van der Waals surface area contributed by atoms with Gasteiger partial charge in [0.05, 0.1) is 34.0 Å². The van der Waals surface area contributed by atoms with E-state index in [0.717, 1.165) is 12.3 Å². The van der Waals surface area contributed by atoms with Gasteiger partial charge in [-0.2, -0.15) is 0 Å². The molecule has 10 nitrogen and oxygen atoms in total. The molecule has 0 aliphatic heterocycles. The summed E-state index contributed by atoms with van der Waals surface area (Å²) in [7, 11) is 0. The first-order valence-electron chi connectivity index (χ1n) is 20.2. The lowest BCUT2D eigenvalue weighted by molar-refractivity contribution is -0.155. The number of carboxylic acids is 1. The Morgan fingerprint density at radius 1 is 0.649 bits per heavy atom. The summed E-state index contributed by atoms with van der Waals surface area (Å²) in [5.74, 6) is 0.166. The molecule has 0 radical (unpaired) electrons. The summed E-state index contributed by atoms with van der Waals surface area (Å²) >= 11 is 6.30. The number of hydrogen-bond acceptors (Lipinski definition) is 9. The number of aliphatic hydroxyl groups is 2. The van der Waals surface area contributed by atoms with Crippen LogP contribution in [0.3, 0.4) is 0 Å². The van der Waals surface area contributed by atoms with Gasteiger partial charge < -0.3 is 20.1 Å². The summed E-state index contributed by atoms with van der Waals surface area (Å²) in [5.41, 5.74) is 0.410. The molecule has 0 aromatic carbocycles. The minimum atomic E-state index is -0.994. The SMILES string of the molecule is CC(C)[C@@H]1C[C@H](C)CCC1O.CC1=C(Br)C(=O)C(C)=C(C(C)(C)CC(=O)O)C1=O.CC1=C(Br)C(=O)C(C)=C(C(C)(C)CC(=O)OC2CCC(O)[C@H](C(C)C)C2)C1=O. The highest BCUT2D eigenvalue weighted by atomic mass is 79.9. The Bertz CT molecular complexity index is 1720. The molecule has 0 aromatic heterocycles. The van der Waals surface area contributed by atoms with Crippen LogP contribution >= 0.6 is 31.9 Å². The number of carboxylic acid groups (broad SMARTS) is 1. The van der Waals surface area contributed by atoms with Crippen LogP contribution in [0.4, 0.5) is 0 Å². The number of esters is 1. The van der Waals surface area contributed by atoms with Crippen molar-refractivity contribution >= 4 is 66.9 Å². The van der Waals surface area contributed by atoms with Crippen molar-refractivity contribution in [2.24, 2.45) is 40.4 Å². The van der Waals surface area contributed by atoms with E-state index in [1.807, 2.05) is 0 Å². The first kappa shape index (κ1) is 50.6. The smallest absolute Gasteiger partial charge is 0.306 e. The van der Waals surface area contributed by atoms with Gasteiger partial charge in [-0.05, 0) is 128 Å². The number of ketones is 4. The fraction of sp³-hybridized carbons (Fsp3) is 0.689. The summed E-state index contributed by atoms with van der Waals surface area (Å²) in [4.78, 5) is 72.9. The van der Waals surface area contributed by atoms with E-state index in [-0.39, 0.29) is 75.1 Å². The van der Waals surface area contributed by atoms with Crippen molar-refractivity contribution in [1.82, 2.24) is 0 Å². The van der Waals surface area contributed by atoms with Crippen molar-refractivity contribution in [1.29, 1.82) is 0 Å². The number of Topliss-reactive ketones (excluding diaryl/α,β-unsaturated/α-hetero) is 4. The summed E-state index contributed by atoms with van der Waals surface area (Å²) in [5, 5.41) is 28.7. The molecule has 2 saturated carbocycles. The predicted octanol–water partition coefficient (Wildman–Crippen LogP) is 9.33. The second-order valence-electron chi connectivity index (χ2n) is 18.5. The van der Waals surface area contributed by atoms with Gasteiger partial charge in [0, 0.05) is 44.3 Å². The minimum absolute atomic E-state index is 0.0220. The number of carbonyl (C=O) groups excluding carboxylic acids is 5. The minimum Gasteiger partial charge on any atom is -0.481 e. The number of halogens is 2. The first-order valence-corrected chi connectivity index (χ1v) is 21.8. The number of rotatable bonds is 9. The maximum absolute atomic E-state index is 12.8. The maximum Gasteiger partial charge on any atom is 0.306 e. The van der Waals surface area contributed by atoms with E-state index in [1.54, 1.807) is 55.4 Å². The van der Waals surface area contributed by atoms with E-state index in [0.29, 0.717) is 70.5 Å². The number of carbonyl (C=O) groups is 6. The van der Waals surface area contributed by atoms with E-state index >= 15 is 0 Å². The van der Waals surface area contributed by atoms with Crippen LogP contribution in [0.2, 0.25) is 0 Å². The zero-order chi connectivity index (χ0) is 44.1. The van der Waals surface area contributed by atoms with Crippen LogP contribution in [-0.2, 0) is 33.5 Å². The van der Waals surface area contributed by atoms with Gasteiger partial charge in [-0.1, -0.05) is 62.3 Å². The summed E-state index contributed by atoms with van der Waals surface area (Å²) in [6.45, 7) is 24.1. The third kappa shape index (κ3) is 12.7. The third-order valence-electron chi connectivity index (χ3n) is 12.1. The molecule has 4 aliphatic carbocycles. The largest absolute Gasteiger partial charge is 0.481 e. The van der Waals surface area contributed by atoms with Gasteiger partial charge >= 0.3 is 11.9 Å². The van der Waals surface area contributed by atoms with E-state index in [1.165, 1.54) is 12.8 Å². The second kappa shape index (κ2) is 20.6. The number of ether oxygens (including phenoxy) is 1. The van der Waals surface area contributed by atoms with Crippen molar-refractivity contribution in [3.05, 3.63) is 42.4 Å². The number of hydrogen-bond donors (Lipinski definition) is 3. The molecular weight excluding hydrogens is 860 g/mol. The average Bonchev–Trinajstić information content (AvgIpc) is 3.09. The van der Waals surface area contributed by atoms with Crippen LogP contribution in [-0.4, -0.2) is 68.7 Å². The number of allylic oxidation sites excluding steroid dienone is 8. The summed E-state index contributed by atoms with van der Waals surface area (Å²) in [6.07, 6.45) is 4.62. The molecule has 0 heterocycles. The van der Waals surface area contributed by atoms with Crippen LogP contribution in [0, 0.1) is 40.4 Å². The van der Waals surface area contributed by atoms with E-state index in [4.69, 9.17) is 9.84 Å². The van der Waals surface area contributed by atoms with Crippen molar-refractivity contribution < 1.29 is 48.8 Å². The monoisotopic (exact) mass is 924 g/mol. The Balaban J connectivity index is 0.000000329. The predicted molar refractivity (Wildman–Crippen MR) is 229 cm³/mol. The molecule has 3 N–H and O–H groups in total. The lowest BCUT2D eigenvalue weighted by atomic mass is 9.72. The van der Waals surface area contributed by atoms with E-state index < -0.39 is 16.8 Å². The van der Waals surface area contributed by atoms with Gasteiger partial charge in [-0.15, -0.1) is 0 Å². The molecule has 2 fully saturated rings. The molecular formula is C45H66Br2O10. The molecule has 3 unspecified atom stereocenters. The number of aliphatic carboxylic acids is 1. The molecule has 4 rings (SSSR count). The fourth-order valence-corrected chi connectivity index (χ4v) is 9.64. The third-order valence-corrected chi connectivity index (χ3v) is 14.0. The van der Waals surface area contributed by atoms with Gasteiger partial charge in [-0.25, -0.2) is 0 Å². The first-order chi connectivity index (χ1) is 26.1. The van der Waals surface area contributed by atoms with Crippen LogP contribution in [0.1, 0.15) is 141 Å². The van der Waals surface area contributed by atoms with Crippen LogP contribution in [0.5, 0.6) is 0 Å². The fourth-order valence-electron chi connectivity index (χ4n) is 8.68. The molecule has 4 aliphatic rings. The lowest BCUT2D eigenvalue weighted by Gasteiger charge is -2.36. The summed E-state index contributed by atoms with van der Waals surface area (Å²) < 4.78 is 6.26. The Hall–Kier alpha value is -2.54. The zero-order valence-corrected chi connectivity index (χ0v) is 39.4. The highest BCUT2D eigenvalue weighted by Crippen LogP contribution is 2.42. The highest BCUT2D eigenvalue weighted by molar-refractivity contribution is 9.12. The molecule has 6 atom stereocenters. The quantitative estimate of drug-likeness (QED) is 0.150. The number of aliphatic hydroxyl groups excluding tert-OH is 2. The molecule has 0 amide bonds. The Morgan fingerprint density at radius 2 is 1.04 bits per heavy atom. The van der Waals surface area contributed by atoms with Gasteiger partial charge in [0.2, 0.25) is 0 Å². The van der Waals surface area contributed by atoms with Gasteiger partial charge in [0.25, 0.3) is 0 Å². The van der Waals surface area contributed by atoms with Crippen LogP contribution < -0.4 is 0 Å². The Kier molecular flexibility index (Phi) is 18.3. The van der Waals surface area contributed by atoms with Crippen LogP contribution in [0.15, 0.2) is 42.4 Å². The van der Waals surface area contributed by atoms with Crippen molar-refractivity contribution in [2.75, 3.05) is 0 Å². The maximum atomic E-state index is 12.8. The highest BCUT2D eigenvalue weighted by Gasteiger charge is 2.41. The van der Waals surface area contributed by atoms with Crippen molar-refractivity contribution in [2.45, 2.75) is 160 Å². The average molecular weight is 927 g/mol. The van der Waals surface area contributed by atoms with Crippen LogP contribution in [0.25, 0.3) is 0 Å². The molecule has 0 aromatic rings. The second-order valence-corrected chi connectivity index (χ2v) is 20.1. The molecule has 57 heavy (non-hydrogen) atoms. The molecule has 0 saturated heterocycles. The zero-order valence-electron chi connectivity index (χ0n) is 36.2. The van der Waals surface area contributed by atoms with E-state index in [2.05, 4.69) is 66.5 Å². The van der Waals surface area contributed by atoms with E-state index in [9.17, 15) is 39.0 Å². The van der Waals surface area contributed by atoms with Gasteiger partial charge in [-0.3, -0.25) is 28.8 Å². The molecule has 12 heteroatoms. The van der Waals surface area contributed by atoms with Crippen molar-refractivity contribution in [3.63, 3.8) is 0 Å².